The lowest BCUT2D eigenvalue weighted by Gasteiger charge is -2.15. The minimum atomic E-state index is -0.654. The fraction of sp³-hybridized carbons (Fsp3) is 0.348. The molecule has 0 aliphatic rings. The fourth-order valence-electron chi connectivity index (χ4n) is 2.91. The Kier molecular flexibility index (Phi) is 8.42. The van der Waals surface area contributed by atoms with Gasteiger partial charge in [-0.05, 0) is 49.6 Å². The molecule has 2 N–H and O–H groups in total. The van der Waals surface area contributed by atoms with Crippen molar-refractivity contribution >= 4 is 29.4 Å². The molecule has 0 unspecified atom stereocenters. The summed E-state index contributed by atoms with van der Waals surface area (Å²) in [5.41, 5.74) is 2.10. The average molecular weight is 469 g/mol. The number of nitrogens with one attached hydrogen (secondary N) is 2. The minimum Gasteiger partial charge on any atom is -0.481 e. The maximum absolute atomic E-state index is 12.4. The maximum atomic E-state index is 12.4. The number of hydrogen-bond acceptors (Lipinski definition) is 7. The highest BCUT2D eigenvalue weighted by molar-refractivity contribution is 7.99. The summed E-state index contributed by atoms with van der Waals surface area (Å²) in [6.45, 7) is 5.86. The number of aromatic nitrogens is 4. The van der Waals surface area contributed by atoms with E-state index in [-0.39, 0.29) is 24.1 Å². The van der Waals surface area contributed by atoms with Crippen LogP contribution >= 0.6 is 11.8 Å². The quantitative estimate of drug-likeness (QED) is 0.440. The predicted octanol–water partition coefficient (Wildman–Crippen LogP) is 2.90. The molecule has 1 atom stereocenters. The number of aryl methyl sites for hydroxylation is 2. The van der Waals surface area contributed by atoms with Crippen LogP contribution in [0.4, 0.5) is 5.82 Å². The Balaban J connectivity index is 1.47. The van der Waals surface area contributed by atoms with Crippen LogP contribution in [0.1, 0.15) is 30.8 Å². The Morgan fingerprint density at radius 3 is 2.64 bits per heavy atom. The molecule has 2 amide bonds. The molecule has 0 saturated carbocycles. The van der Waals surface area contributed by atoms with Crippen molar-refractivity contribution in [2.45, 2.75) is 45.0 Å². The van der Waals surface area contributed by atoms with E-state index in [1.54, 1.807) is 24.7 Å². The molecule has 0 bridgehead atoms. The average Bonchev–Trinajstić information content (AvgIpc) is 3.17. The molecule has 1 aromatic carbocycles. The first-order chi connectivity index (χ1) is 15.9. The van der Waals surface area contributed by atoms with Gasteiger partial charge in [-0.2, -0.15) is 0 Å². The number of nitrogens with zero attached hydrogens (tertiary/aromatic N) is 4. The normalized spacial score (nSPS) is 11.6. The van der Waals surface area contributed by atoms with Crippen LogP contribution in [0.3, 0.4) is 0 Å². The number of pyridine rings is 1. The molecule has 174 valence electrons. The van der Waals surface area contributed by atoms with Crippen LogP contribution in [0.5, 0.6) is 5.75 Å². The van der Waals surface area contributed by atoms with Crippen molar-refractivity contribution in [3.63, 3.8) is 0 Å². The van der Waals surface area contributed by atoms with E-state index in [0.29, 0.717) is 22.5 Å². The summed E-state index contributed by atoms with van der Waals surface area (Å²) in [5, 5.41) is 14.4. The standard InChI is InChI=1S/C23H28N6O3S/c1-5-17-8-10-18(11-9-17)32-16(3)22(31)25-13-19-27-28-23(29(19)4)33-14-20(30)26-21-15(2)7-6-12-24-21/h6-12,16H,5,13-14H2,1-4H3,(H,25,31)(H,24,26,30)/t16-/m0/s1. The molecule has 9 nitrogen and oxygen atoms in total. The third-order valence-electron chi connectivity index (χ3n) is 4.96. The number of benzene rings is 1. The van der Waals surface area contributed by atoms with E-state index in [0.717, 1.165) is 12.0 Å². The van der Waals surface area contributed by atoms with Crippen LogP contribution in [0.15, 0.2) is 47.8 Å². The number of carbonyl (C=O) groups excluding carboxylic acids is 2. The van der Waals surface area contributed by atoms with E-state index in [1.807, 2.05) is 43.3 Å². The molecule has 0 aliphatic carbocycles. The number of thioether (sulfide) groups is 1. The van der Waals surface area contributed by atoms with Gasteiger partial charge in [0, 0.05) is 13.2 Å². The van der Waals surface area contributed by atoms with Crippen LogP contribution in [-0.4, -0.2) is 43.4 Å². The topological polar surface area (TPSA) is 111 Å². The Bertz CT molecular complexity index is 1100. The number of rotatable bonds is 10. The van der Waals surface area contributed by atoms with Crippen molar-refractivity contribution in [3.8, 4) is 5.75 Å². The highest BCUT2D eigenvalue weighted by Crippen LogP contribution is 2.17. The van der Waals surface area contributed by atoms with E-state index in [9.17, 15) is 9.59 Å². The van der Waals surface area contributed by atoms with Gasteiger partial charge < -0.3 is 19.9 Å². The molecule has 0 spiro atoms. The SMILES string of the molecule is CCc1ccc(O[C@@H](C)C(=O)NCc2nnc(SCC(=O)Nc3ncccc3C)n2C)cc1. The third kappa shape index (κ3) is 6.79. The number of hydrogen-bond donors (Lipinski definition) is 2. The van der Waals surface area contributed by atoms with E-state index >= 15 is 0 Å². The Labute approximate surface area is 197 Å². The van der Waals surface area contributed by atoms with Gasteiger partial charge in [0.2, 0.25) is 5.91 Å². The van der Waals surface area contributed by atoms with Gasteiger partial charge >= 0.3 is 0 Å². The molecular weight excluding hydrogens is 440 g/mol. The second-order valence-electron chi connectivity index (χ2n) is 7.44. The lowest BCUT2D eigenvalue weighted by molar-refractivity contribution is -0.127. The first-order valence-corrected chi connectivity index (χ1v) is 11.6. The first kappa shape index (κ1) is 24.2. The van der Waals surface area contributed by atoms with E-state index in [2.05, 4.69) is 32.7 Å². The summed E-state index contributed by atoms with van der Waals surface area (Å²) in [7, 11) is 1.79. The molecule has 0 fully saturated rings. The largest absolute Gasteiger partial charge is 0.481 e. The molecule has 0 radical (unpaired) electrons. The molecule has 0 saturated heterocycles. The predicted molar refractivity (Wildman–Crippen MR) is 127 cm³/mol. The van der Waals surface area contributed by atoms with Crippen molar-refractivity contribution in [3.05, 3.63) is 59.5 Å². The maximum Gasteiger partial charge on any atom is 0.261 e. The van der Waals surface area contributed by atoms with Gasteiger partial charge in [-0.1, -0.05) is 36.9 Å². The van der Waals surface area contributed by atoms with E-state index < -0.39 is 6.10 Å². The molecular formula is C23H28N6O3S. The van der Waals surface area contributed by atoms with Crippen molar-refractivity contribution in [2.24, 2.45) is 7.05 Å². The lowest BCUT2D eigenvalue weighted by atomic mass is 10.2. The van der Waals surface area contributed by atoms with Gasteiger partial charge in [0.15, 0.2) is 17.1 Å². The van der Waals surface area contributed by atoms with Crippen LogP contribution in [0, 0.1) is 6.92 Å². The van der Waals surface area contributed by atoms with Crippen LogP contribution in [0.25, 0.3) is 0 Å². The number of anilines is 1. The molecule has 3 rings (SSSR count). The van der Waals surface area contributed by atoms with Gasteiger partial charge in [-0.15, -0.1) is 10.2 Å². The Morgan fingerprint density at radius 1 is 1.18 bits per heavy atom. The molecule has 0 aliphatic heterocycles. The summed E-state index contributed by atoms with van der Waals surface area (Å²) in [6, 6.07) is 11.4. The smallest absolute Gasteiger partial charge is 0.261 e. The van der Waals surface area contributed by atoms with Gasteiger partial charge in [-0.3, -0.25) is 9.59 Å². The zero-order chi connectivity index (χ0) is 23.8. The van der Waals surface area contributed by atoms with Crippen molar-refractivity contribution < 1.29 is 14.3 Å². The summed E-state index contributed by atoms with van der Waals surface area (Å²) in [4.78, 5) is 28.8. The van der Waals surface area contributed by atoms with Crippen LogP contribution < -0.4 is 15.4 Å². The molecule has 3 aromatic rings. The second-order valence-corrected chi connectivity index (χ2v) is 8.38. The molecule has 10 heteroatoms. The first-order valence-electron chi connectivity index (χ1n) is 10.6. The van der Waals surface area contributed by atoms with Crippen molar-refractivity contribution in [1.82, 2.24) is 25.1 Å². The van der Waals surface area contributed by atoms with E-state index in [4.69, 9.17) is 4.74 Å². The monoisotopic (exact) mass is 468 g/mol. The molecule has 2 heterocycles. The van der Waals surface area contributed by atoms with Crippen LogP contribution in [-0.2, 0) is 29.6 Å². The van der Waals surface area contributed by atoms with Crippen LogP contribution in [0.2, 0.25) is 0 Å². The summed E-state index contributed by atoms with van der Waals surface area (Å²) in [5.74, 6) is 1.49. The number of amides is 2. The summed E-state index contributed by atoms with van der Waals surface area (Å²) in [6.07, 6.45) is 1.92. The number of ether oxygens (including phenoxy) is 1. The second kappa shape index (κ2) is 11.5. The molecule has 2 aromatic heterocycles. The summed E-state index contributed by atoms with van der Waals surface area (Å²) < 4.78 is 7.46. The Morgan fingerprint density at radius 2 is 1.94 bits per heavy atom. The highest BCUT2D eigenvalue weighted by Gasteiger charge is 2.17. The van der Waals surface area contributed by atoms with Crippen molar-refractivity contribution in [1.29, 1.82) is 0 Å². The third-order valence-corrected chi connectivity index (χ3v) is 5.98. The van der Waals surface area contributed by atoms with Gasteiger partial charge in [0.25, 0.3) is 5.91 Å². The zero-order valence-corrected chi connectivity index (χ0v) is 20.0. The van der Waals surface area contributed by atoms with Gasteiger partial charge in [0.1, 0.15) is 11.6 Å². The van der Waals surface area contributed by atoms with Gasteiger partial charge in [-0.25, -0.2) is 4.98 Å². The highest BCUT2D eigenvalue weighted by atomic mass is 32.2. The summed E-state index contributed by atoms with van der Waals surface area (Å²) >= 11 is 1.26. The minimum absolute atomic E-state index is 0.163. The zero-order valence-electron chi connectivity index (χ0n) is 19.2. The Hall–Kier alpha value is -3.40. The van der Waals surface area contributed by atoms with E-state index in [1.165, 1.54) is 17.3 Å². The van der Waals surface area contributed by atoms with Crippen molar-refractivity contribution in [2.75, 3.05) is 11.1 Å². The molecule has 33 heavy (non-hydrogen) atoms. The lowest BCUT2D eigenvalue weighted by Crippen LogP contribution is -2.36. The number of carbonyl (C=O) groups is 2. The van der Waals surface area contributed by atoms with Gasteiger partial charge in [0.05, 0.1) is 12.3 Å². The fourth-order valence-corrected chi connectivity index (χ4v) is 3.64.